The van der Waals surface area contributed by atoms with Crippen LogP contribution in [0.4, 0.5) is 0 Å². The Morgan fingerprint density at radius 2 is 2.62 bits per heavy atom. The number of rotatable bonds is 2. The van der Waals surface area contributed by atoms with Crippen molar-refractivity contribution in [3.8, 4) is 11.8 Å². The molecule has 2 aliphatic heterocycles. The van der Waals surface area contributed by atoms with Gasteiger partial charge in [-0.1, -0.05) is 11.1 Å². The van der Waals surface area contributed by atoms with Crippen LogP contribution in [0.5, 0.6) is 0 Å². The van der Waals surface area contributed by atoms with Gasteiger partial charge in [-0.05, 0) is 19.9 Å². The molecule has 2 atom stereocenters. The summed E-state index contributed by atoms with van der Waals surface area (Å²) in [6.07, 6.45) is 1.25. The van der Waals surface area contributed by atoms with Gasteiger partial charge in [0.2, 0.25) is 0 Å². The van der Waals surface area contributed by atoms with E-state index in [4.69, 9.17) is 4.84 Å². The van der Waals surface area contributed by atoms with E-state index in [0.29, 0.717) is 12.5 Å². The van der Waals surface area contributed by atoms with Gasteiger partial charge >= 0.3 is 0 Å². The lowest BCUT2D eigenvalue weighted by atomic mass is 10.0. The van der Waals surface area contributed by atoms with Crippen LogP contribution >= 0.6 is 0 Å². The van der Waals surface area contributed by atoms with Crippen molar-refractivity contribution in [2.45, 2.75) is 13.3 Å². The third-order valence-electron chi connectivity index (χ3n) is 2.62. The van der Waals surface area contributed by atoms with Gasteiger partial charge in [0.1, 0.15) is 0 Å². The van der Waals surface area contributed by atoms with Crippen molar-refractivity contribution in [2.75, 3.05) is 26.2 Å². The zero-order valence-corrected chi connectivity index (χ0v) is 7.92. The number of fused-ring (bicyclic) bond motifs is 2. The molecule has 0 aliphatic carbocycles. The van der Waals surface area contributed by atoms with E-state index < -0.39 is 0 Å². The Hall–Kier alpha value is -1.01. The van der Waals surface area contributed by atoms with E-state index in [-0.39, 0.29) is 0 Å². The molecule has 0 saturated carbocycles. The molecule has 2 bridgehead atoms. The minimum Gasteiger partial charge on any atom is -0.383 e. The first kappa shape index (κ1) is 8.58. The first-order valence-corrected chi connectivity index (χ1v) is 4.71. The fourth-order valence-electron chi connectivity index (χ4n) is 1.93. The molecular weight excluding hydrogens is 164 g/mol. The molecule has 0 radical (unpaired) electrons. The van der Waals surface area contributed by atoms with Gasteiger partial charge in [-0.2, -0.15) is 0 Å². The summed E-state index contributed by atoms with van der Waals surface area (Å²) in [4.78, 5) is 7.51. The van der Waals surface area contributed by atoms with Gasteiger partial charge in [0.15, 0.2) is 6.61 Å². The Morgan fingerprint density at radius 1 is 1.69 bits per heavy atom. The number of nitrogens with zero attached hydrogens (tertiary/aromatic N) is 2. The van der Waals surface area contributed by atoms with Gasteiger partial charge in [0.05, 0.1) is 5.71 Å². The normalized spacial score (nSPS) is 33.2. The average molecular weight is 178 g/mol. The molecule has 2 rings (SSSR count). The molecule has 2 unspecified atom stereocenters. The molecule has 0 amide bonds. The van der Waals surface area contributed by atoms with Crippen LogP contribution in [0, 0.1) is 17.8 Å². The molecule has 2 saturated heterocycles. The maximum Gasteiger partial charge on any atom is 0.177 e. The zero-order chi connectivity index (χ0) is 9.10. The Labute approximate surface area is 78.7 Å². The van der Waals surface area contributed by atoms with Gasteiger partial charge in [-0.3, -0.25) is 4.90 Å². The number of oxime groups is 1. The molecule has 0 N–H and O–H groups in total. The van der Waals surface area contributed by atoms with Gasteiger partial charge in [0, 0.05) is 19.0 Å². The summed E-state index contributed by atoms with van der Waals surface area (Å²) in [7, 11) is 0. The maximum atomic E-state index is 5.10. The summed E-state index contributed by atoms with van der Waals surface area (Å²) in [6.45, 7) is 5.65. The molecule has 2 fully saturated rings. The summed E-state index contributed by atoms with van der Waals surface area (Å²) in [5, 5.41) is 4.12. The quantitative estimate of drug-likeness (QED) is 0.353. The average Bonchev–Trinajstić information content (AvgIpc) is 2.73. The van der Waals surface area contributed by atoms with Crippen molar-refractivity contribution in [1.29, 1.82) is 0 Å². The highest BCUT2D eigenvalue weighted by atomic mass is 16.6. The summed E-state index contributed by atoms with van der Waals surface area (Å²) >= 11 is 0. The molecule has 70 valence electrons. The van der Waals surface area contributed by atoms with E-state index in [0.717, 1.165) is 6.54 Å². The van der Waals surface area contributed by atoms with Gasteiger partial charge in [-0.25, -0.2) is 0 Å². The Kier molecular flexibility index (Phi) is 2.51. The van der Waals surface area contributed by atoms with Crippen LogP contribution in [0.1, 0.15) is 13.3 Å². The highest BCUT2D eigenvalue weighted by Crippen LogP contribution is 2.25. The Morgan fingerprint density at radius 3 is 3.23 bits per heavy atom. The largest absolute Gasteiger partial charge is 0.383 e. The second-order valence-corrected chi connectivity index (χ2v) is 3.50. The minimum absolute atomic E-state index is 0.423. The van der Waals surface area contributed by atoms with Crippen LogP contribution in [-0.2, 0) is 4.84 Å². The van der Waals surface area contributed by atoms with Crippen molar-refractivity contribution in [1.82, 2.24) is 4.90 Å². The summed E-state index contributed by atoms with van der Waals surface area (Å²) < 4.78 is 0. The molecular formula is C10H14N2O. The van der Waals surface area contributed by atoms with Crippen molar-refractivity contribution in [3.05, 3.63) is 0 Å². The molecule has 0 spiro atoms. The molecule has 0 aromatic carbocycles. The topological polar surface area (TPSA) is 24.8 Å². The monoisotopic (exact) mass is 178 g/mol. The highest BCUT2D eigenvalue weighted by Gasteiger charge is 2.35. The van der Waals surface area contributed by atoms with E-state index in [1.807, 2.05) is 0 Å². The lowest BCUT2D eigenvalue weighted by molar-refractivity contribution is 0.177. The molecule has 2 heterocycles. The number of hydrogen-bond donors (Lipinski definition) is 0. The standard InChI is InChI=1S/C10H14N2O/c1-2-3-6-13-11-10-8-12-5-4-9(10)7-12/h9H,4-8H2,1H3/b11-10+. The fraction of sp³-hybridized carbons (Fsp3) is 0.700. The molecule has 0 aromatic heterocycles. The van der Waals surface area contributed by atoms with Gasteiger partial charge < -0.3 is 4.84 Å². The third-order valence-corrected chi connectivity index (χ3v) is 2.62. The fourth-order valence-corrected chi connectivity index (χ4v) is 1.93. The zero-order valence-electron chi connectivity index (χ0n) is 7.92. The van der Waals surface area contributed by atoms with Gasteiger partial charge in [0.25, 0.3) is 0 Å². The van der Waals surface area contributed by atoms with E-state index in [9.17, 15) is 0 Å². The predicted molar refractivity (Wildman–Crippen MR) is 51.4 cm³/mol. The first-order chi connectivity index (χ1) is 6.40. The third kappa shape index (κ3) is 1.84. The second kappa shape index (κ2) is 3.80. The summed E-state index contributed by atoms with van der Waals surface area (Å²) in [5.41, 5.74) is 1.21. The van der Waals surface area contributed by atoms with E-state index in [1.165, 1.54) is 25.2 Å². The second-order valence-electron chi connectivity index (χ2n) is 3.50. The first-order valence-electron chi connectivity index (χ1n) is 4.71. The highest BCUT2D eigenvalue weighted by molar-refractivity contribution is 5.91. The van der Waals surface area contributed by atoms with Crippen molar-refractivity contribution in [3.63, 3.8) is 0 Å². The Bertz CT molecular complexity index is 274. The van der Waals surface area contributed by atoms with Crippen LogP contribution in [-0.4, -0.2) is 36.9 Å². The van der Waals surface area contributed by atoms with Crippen LogP contribution < -0.4 is 0 Å². The molecule has 0 aromatic rings. The molecule has 3 nitrogen and oxygen atoms in total. The SMILES string of the molecule is CC#CCO/N=C1\CN2CCC1C2. The molecule has 3 heteroatoms. The van der Waals surface area contributed by atoms with Crippen LogP contribution in [0.3, 0.4) is 0 Å². The van der Waals surface area contributed by atoms with Crippen molar-refractivity contribution in [2.24, 2.45) is 11.1 Å². The lowest BCUT2D eigenvalue weighted by Crippen LogP contribution is -2.23. The van der Waals surface area contributed by atoms with E-state index in [1.54, 1.807) is 6.92 Å². The molecule has 2 aliphatic rings. The van der Waals surface area contributed by atoms with Crippen molar-refractivity contribution < 1.29 is 4.84 Å². The maximum absolute atomic E-state index is 5.10. The van der Waals surface area contributed by atoms with Crippen LogP contribution in [0.2, 0.25) is 0 Å². The number of piperidine rings is 1. The van der Waals surface area contributed by atoms with E-state index in [2.05, 4.69) is 21.9 Å². The molecule has 13 heavy (non-hydrogen) atoms. The van der Waals surface area contributed by atoms with Crippen molar-refractivity contribution >= 4 is 5.71 Å². The van der Waals surface area contributed by atoms with Crippen LogP contribution in [0.15, 0.2) is 5.16 Å². The van der Waals surface area contributed by atoms with E-state index >= 15 is 0 Å². The summed E-state index contributed by atoms with van der Waals surface area (Å²) in [6, 6.07) is 0. The summed E-state index contributed by atoms with van der Waals surface area (Å²) in [5.74, 6) is 6.26. The van der Waals surface area contributed by atoms with Gasteiger partial charge in [-0.15, -0.1) is 5.92 Å². The Balaban J connectivity index is 1.83. The van der Waals surface area contributed by atoms with Crippen LogP contribution in [0.25, 0.3) is 0 Å². The lowest BCUT2D eigenvalue weighted by Gasteiger charge is -2.12. The minimum atomic E-state index is 0.423. The smallest absolute Gasteiger partial charge is 0.177 e. The predicted octanol–water partition coefficient (Wildman–Crippen LogP) is 0.718. The number of hydrogen-bond acceptors (Lipinski definition) is 3.